The zero-order chi connectivity index (χ0) is 12.0. The van der Waals surface area contributed by atoms with Crippen LogP contribution >= 0.6 is 0 Å². The second-order valence-electron chi connectivity index (χ2n) is 3.18. The number of methoxy groups -OCH3 is 3. The van der Waals surface area contributed by atoms with E-state index in [-0.39, 0.29) is 6.61 Å². The van der Waals surface area contributed by atoms with E-state index in [1.54, 1.807) is 21.3 Å². The first kappa shape index (κ1) is 12.8. The van der Waals surface area contributed by atoms with Gasteiger partial charge in [0.05, 0.1) is 26.4 Å². The molecule has 0 bridgehead atoms. The fraction of sp³-hybridized carbons (Fsp3) is 0.455. The van der Waals surface area contributed by atoms with E-state index in [0.717, 1.165) is 11.1 Å². The Kier molecular flexibility index (Phi) is 5.04. The molecule has 90 valence electrons. The van der Waals surface area contributed by atoms with E-state index in [0.29, 0.717) is 18.1 Å². The average molecular weight is 227 g/mol. The van der Waals surface area contributed by atoms with Crippen molar-refractivity contribution in [3.05, 3.63) is 23.3 Å². The third-order valence-electron chi connectivity index (χ3n) is 2.25. The molecule has 0 aliphatic heterocycles. The molecule has 5 nitrogen and oxygen atoms in total. The zero-order valence-corrected chi connectivity index (χ0v) is 9.78. The van der Waals surface area contributed by atoms with Crippen LogP contribution in [0.1, 0.15) is 11.1 Å². The minimum Gasteiger partial charge on any atom is -0.496 e. The van der Waals surface area contributed by atoms with E-state index >= 15 is 0 Å². The molecular weight excluding hydrogens is 210 g/mol. The molecule has 0 saturated heterocycles. The van der Waals surface area contributed by atoms with E-state index in [9.17, 15) is 0 Å². The monoisotopic (exact) mass is 227 g/mol. The van der Waals surface area contributed by atoms with E-state index in [1.165, 1.54) is 0 Å². The SMILES string of the molecule is COCc1ccc(OC)c(CON)c1OC. The Hall–Kier alpha value is -1.30. The molecule has 16 heavy (non-hydrogen) atoms. The van der Waals surface area contributed by atoms with Crippen LogP contribution in [0.25, 0.3) is 0 Å². The summed E-state index contributed by atoms with van der Waals surface area (Å²) in [5.41, 5.74) is 1.71. The summed E-state index contributed by atoms with van der Waals surface area (Å²) >= 11 is 0. The highest BCUT2D eigenvalue weighted by Crippen LogP contribution is 2.32. The fourth-order valence-corrected chi connectivity index (χ4v) is 1.59. The van der Waals surface area contributed by atoms with E-state index in [4.69, 9.17) is 20.1 Å². The first-order valence-corrected chi connectivity index (χ1v) is 4.81. The number of rotatable bonds is 6. The molecule has 0 saturated carbocycles. The van der Waals surface area contributed by atoms with Crippen LogP contribution in [0.3, 0.4) is 0 Å². The summed E-state index contributed by atoms with van der Waals surface area (Å²) < 4.78 is 15.6. The van der Waals surface area contributed by atoms with Crippen molar-refractivity contribution in [2.24, 2.45) is 5.90 Å². The lowest BCUT2D eigenvalue weighted by Crippen LogP contribution is -2.06. The molecule has 0 atom stereocenters. The standard InChI is InChI=1S/C11H17NO4/c1-13-6-8-4-5-10(14-2)9(7-16-12)11(8)15-3/h4-5H,6-7,12H2,1-3H3. The predicted molar refractivity (Wildman–Crippen MR) is 59.2 cm³/mol. The molecule has 0 unspecified atom stereocenters. The molecule has 2 N–H and O–H groups in total. The van der Waals surface area contributed by atoms with Gasteiger partial charge in [-0.3, -0.25) is 4.84 Å². The fourth-order valence-electron chi connectivity index (χ4n) is 1.59. The van der Waals surface area contributed by atoms with Gasteiger partial charge in [-0.15, -0.1) is 0 Å². The van der Waals surface area contributed by atoms with Crippen molar-refractivity contribution in [1.29, 1.82) is 0 Å². The Morgan fingerprint density at radius 3 is 2.31 bits per heavy atom. The normalized spacial score (nSPS) is 10.2. The maximum atomic E-state index is 5.33. The maximum Gasteiger partial charge on any atom is 0.133 e. The number of ether oxygens (including phenoxy) is 3. The summed E-state index contributed by atoms with van der Waals surface area (Å²) in [6.07, 6.45) is 0. The van der Waals surface area contributed by atoms with Crippen LogP contribution in [0.15, 0.2) is 12.1 Å². The second-order valence-corrected chi connectivity index (χ2v) is 3.18. The summed E-state index contributed by atoms with van der Waals surface area (Å²) in [6, 6.07) is 3.73. The zero-order valence-electron chi connectivity index (χ0n) is 9.78. The third-order valence-corrected chi connectivity index (χ3v) is 2.25. The lowest BCUT2D eigenvalue weighted by Gasteiger charge is -2.15. The molecule has 0 amide bonds. The van der Waals surface area contributed by atoms with E-state index < -0.39 is 0 Å². The van der Waals surface area contributed by atoms with Crippen LogP contribution in [0.4, 0.5) is 0 Å². The van der Waals surface area contributed by atoms with Gasteiger partial charge in [-0.2, -0.15) is 0 Å². The summed E-state index contributed by atoms with van der Waals surface area (Å²) in [4.78, 5) is 4.65. The number of hydrogen-bond acceptors (Lipinski definition) is 5. The van der Waals surface area contributed by atoms with E-state index in [2.05, 4.69) is 4.84 Å². The van der Waals surface area contributed by atoms with Crippen molar-refractivity contribution >= 4 is 0 Å². The highest BCUT2D eigenvalue weighted by Gasteiger charge is 2.14. The first-order valence-electron chi connectivity index (χ1n) is 4.81. The topological polar surface area (TPSA) is 62.9 Å². The van der Waals surface area contributed by atoms with Gasteiger partial charge in [0.2, 0.25) is 0 Å². The van der Waals surface area contributed by atoms with Gasteiger partial charge >= 0.3 is 0 Å². The quantitative estimate of drug-likeness (QED) is 0.741. The van der Waals surface area contributed by atoms with Gasteiger partial charge in [0.1, 0.15) is 18.1 Å². The lowest BCUT2D eigenvalue weighted by molar-refractivity contribution is 0.119. The molecular formula is C11H17NO4. The molecule has 0 fully saturated rings. The lowest BCUT2D eigenvalue weighted by atomic mass is 10.1. The van der Waals surface area contributed by atoms with Crippen molar-refractivity contribution in [1.82, 2.24) is 0 Å². The molecule has 0 aliphatic carbocycles. The molecule has 1 rings (SSSR count). The highest BCUT2D eigenvalue weighted by molar-refractivity contribution is 5.49. The van der Waals surface area contributed by atoms with Crippen LogP contribution in [0, 0.1) is 0 Å². The molecule has 0 heterocycles. The van der Waals surface area contributed by atoms with Gasteiger partial charge in [0, 0.05) is 12.7 Å². The van der Waals surface area contributed by atoms with Gasteiger partial charge < -0.3 is 14.2 Å². The average Bonchev–Trinajstić information content (AvgIpc) is 2.30. The van der Waals surface area contributed by atoms with E-state index in [1.807, 2.05) is 12.1 Å². The summed E-state index contributed by atoms with van der Waals surface area (Å²) in [5, 5.41) is 0. The second kappa shape index (κ2) is 6.32. The van der Waals surface area contributed by atoms with Crippen molar-refractivity contribution < 1.29 is 19.0 Å². The summed E-state index contributed by atoms with van der Waals surface area (Å²) in [5.74, 6) is 6.46. The number of benzene rings is 1. The molecule has 1 aromatic rings. The Balaban J connectivity index is 3.19. The smallest absolute Gasteiger partial charge is 0.133 e. The Morgan fingerprint density at radius 1 is 1.06 bits per heavy atom. The Bertz CT molecular complexity index is 341. The molecule has 0 aliphatic rings. The minimum absolute atomic E-state index is 0.226. The molecule has 0 aromatic heterocycles. The predicted octanol–water partition coefficient (Wildman–Crippen LogP) is 1.24. The Labute approximate surface area is 95.0 Å². The summed E-state index contributed by atoms with van der Waals surface area (Å²) in [7, 11) is 4.81. The number of hydrogen-bond donors (Lipinski definition) is 1. The highest BCUT2D eigenvalue weighted by atomic mass is 16.6. The van der Waals surface area contributed by atoms with Gasteiger partial charge in [-0.1, -0.05) is 0 Å². The van der Waals surface area contributed by atoms with Crippen molar-refractivity contribution in [2.75, 3.05) is 21.3 Å². The molecule has 1 aromatic carbocycles. The van der Waals surface area contributed by atoms with Crippen molar-refractivity contribution in [3.63, 3.8) is 0 Å². The van der Waals surface area contributed by atoms with Gasteiger partial charge in [-0.05, 0) is 12.1 Å². The molecule has 5 heteroatoms. The van der Waals surface area contributed by atoms with Crippen LogP contribution < -0.4 is 15.4 Å². The first-order chi connectivity index (χ1) is 7.78. The maximum absolute atomic E-state index is 5.33. The van der Waals surface area contributed by atoms with Crippen LogP contribution in [0.5, 0.6) is 11.5 Å². The van der Waals surface area contributed by atoms with Crippen molar-refractivity contribution in [2.45, 2.75) is 13.2 Å². The van der Waals surface area contributed by atoms with Gasteiger partial charge in [0.15, 0.2) is 0 Å². The minimum atomic E-state index is 0.226. The molecule has 0 radical (unpaired) electrons. The van der Waals surface area contributed by atoms with Crippen LogP contribution in [0.2, 0.25) is 0 Å². The Morgan fingerprint density at radius 2 is 1.81 bits per heavy atom. The van der Waals surface area contributed by atoms with Crippen LogP contribution in [-0.4, -0.2) is 21.3 Å². The summed E-state index contributed by atoms with van der Waals surface area (Å²) in [6.45, 7) is 0.689. The van der Waals surface area contributed by atoms with Crippen molar-refractivity contribution in [3.8, 4) is 11.5 Å². The number of nitrogens with two attached hydrogens (primary N) is 1. The molecule has 0 spiro atoms. The largest absolute Gasteiger partial charge is 0.496 e. The van der Waals surface area contributed by atoms with Crippen LogP contribution in [-0.2, 0) is 22.8 Å². The third kappa shape index (κ3) is 2.63. The van der Waals surface area contributed by atoms with Gasteiger partial charge in [-0.25, -0.2) is 5.90 Å². The van der Waals surface area contributed by atoms with Gasteiger partial charge in [0.25, 0.3) is 0 Å².